The van der Waals surface area contributed by atoms with Gasteiger partial charge < -0.3 is 14.2 Å². The number of aryl methyl sites for hydroxylation is 1. The van der Waals surface area contributed by atoms with Crippen LogP contribution in [0, 0.1) is 5.82 Å². The second-order valence-electron chi connectivity index (χ2n) is 8.51. The fourth-order valence-electron chi connectivity index (χ4n) is 4.06. The summed E-state index contributed by atoms with van der Waals surface area (Å²) in [5, 5.41) is 3.88. The second-order valence-corrected chi connectivity index (χ2v) is 8.51. The van der Waals surface area contributed by atoms with Crippen molar-refractivity contribution in [1.29, 1.82) is 0 Å². The third-order valence-electron chi connectivity index (χ3n) is 5.79. The molecule has 10 nitrogen and oxygen atoms in total. The van der Waals surface area contributed by atoms with Crippen LogP contribution in [0.4, 0.5) is 4.39 Å². The standard InChI is InChI=1S/C26H25FN6O4/c1-3-12-32-23-21(25(34)33(13-4-2)26(32)35)29-22(30-23)16-8-10-19(11-9-16)36-15-20-28-24(37-31-20)17-6-5-7-18(27)14-17/h5-11,14H,3-4,12-13,15H2,1-2H3,(H,29,30). The molecule has 3 heterocycles. The molecule has 0 radical (unpaired) electrons. The van der Waals surface area contributed by atoms with E-state index in [0.29, 0.717) is 53.6 Å². The molecule has 2 aromatic carbocycles. The van der Waals surface area contributed by atoms with E-state index in [2.05, 4.69) is 20.1 Å². The molecule has 0 atom stereocenters. The fourth-order valence-corrected chi connectivity index (χ4v) is 4.06. The molecule has 0 bridgehead atoms. The van der Waals surface area contributed by atoms with Crippen LogP contribution in [0.3, 0.4) is 0 Å². The molecule has 0 fully saturated rings. The quantitative estimate of drug-likeness (QED) is 0.320. The summed E-state index contributed by atoms with van der Waals surface area (Å²) in [7, 11) is 0. The summed E-state index contributed by atoms with van der Waals surface area (Å²) < 4.78 is 27.2. The monoisotopic (exact) mass is 504 g/mol. The van der Waals surface area contributed by atoms with Crippen LogP contribution >= 0.6 is 0 Å². The Labute approximate surface area is 210 Å². The molecule has 0 aliphatic carbocycles. The number of halogens is 1. The van der Waals surface area contributed by atoms with Gasteiger partial charge in [0.05, 0.1) is 0 Å². The predicted octanol–water partition coefficient (Wildman–Crippen LogP) is 4.14. The zero-order valence-corrected chi connectivity index (χ0v) is 20.4. The number of imidazole rings is 1. The van der Waals surface area contributed by atoms with E-state index in [0.717, 1.165) is 12.0 Å². The topological polar surface area (TPSA) is 121 Å². The highest BCUT2D eigenvalue weighted by atomic mass is 19.1. The van der Waals surface area contributed by atoms with Crippen molar-refractivity contribution in [3.05, 3.63) is 81.0 Å². The Morgan fingerprint density at radius 2 is 1.73 bits per heavy atom. The van der Waals surface area contributed by atoms with Crippen LogP contribution in [0.25, 0.3) is 34.0 Å². The molecule has 0 saturated heterocycles. The minimum absolute atomic E-state index is 0.0586. The Balaban J connectivity index is 1.35. The smallest absolute Gasteiger partial charge is 0.332 e. The molecule has 3 aromatic heterocycles. The van der Waals surface area contributed by atoms with E-state index in [1.807, 2.05) is 13.8 Å². The van der Waals surface area contributed by atoms with Gasteiger partial charge in [0.25, 0.3) is 11.4 Å². The summed E-state index contributed by atoms with van der Waals surface area (Å²) in [6, 6.07) is 13.0. The number of hydrogen-bond acceptors (Lipinski definition) is 7. The third-order valence-corrected chi connectivity index (χ3v) is 5.79. The Kier molecular flexibility index (Phi) is 6.67. The Hall–Kier alpha value is -4.54. The normalized spacial score (nSPS) is 11.3. The van der Waals surface area contributed by atoms with Gasteiger partial charge in [0, 0.05) is 24.2 Å². The lowest BCUT2D eigenvalue weighted by atomic mass is 10.2. The van der Waals surface area contributed by atoms with E-state index in [1.165, 1.54) is 16.7 Å². The van der Waals surface area contributed by atoms with Crippen LogP contribution in [-0.4, -0.2) is 29.2 Å². The lowest BCUT2D eigenvalue weighted by Gasteiger charge is -2.09. The first-order chi connectivity index (χ1) is 18.0. The highest BCUT2D eigenvalue weighted by Gasteiger charge is 2.17. The predicted molar refractivity (Wildman–Crippen MR) is 135 cm³/mol. The number of benzene rings is 2. The Bertz CT molecular complexity index is 1670. The van der Waals surface area contributed by atoms with E-state index < -0.39 is 5.82 Å². The maximum Gasteiger partial charge on any atom is 0.332 e. The SMILES string of the molecule is CCCn1c(=O)c2[nH]c(-c3ccc(OCc4noc(-c5cccc(F)c5)n4)cc3)nc2n(CCC)c1=O. The molecule has 0 amide bonds. The summed E-state index contributed by atoms with van der Waals surface area (Å²) in [6.45, 7) is 4.76. The largest absolute Gasteiger partial charge is 0.485 e. The molecule has 5 rings (SSSR count). The Morgan fingerprint density at radius 3 is 2.46 bits per heavy atom. The molecule has 0 spiro atoms. The van der Waals surface area contributed by atoms with E-state index in [4.69, 9.17) is 9.26 Å². The zero-order chi connectivity index (χ0) is 25.9. The first-order valence-electron chi connectivity index (χ1n) is 12.0. The van der Waals surface area contributed by atoms with Gasteiger partial charge in [0.2, 0.25) is 5.82 Å². The summed E-state index contributed by atoms with van der Waals surface area (Å²) in [5.74, 6) is 1.18. The molecule has 0 aliphatic heterocycles. The maximum atomic E-state index is 13.4. The van der Waals surface area contributed by atoms with Gasteiger partial charge in [0.15, 0.2) is 12.3 Å². The first kappa shape index (κ1) is 24.2. The van der Waals surface area contributed by atoms with Crippen LogP contribution < -0.4 is 16.0 Å². The molecule has 37 heavy (non-hydrogen) atoms. The van der Waals surface area contributed by atoms with E-state index in [1.54, 1.807) is 41.0 Å². The van der Waals surface area contributed by atoms with Crippen molar-refractivity contribution in [1.82, 2.24) is 29.2 Å². The average Bonchev–Trinajstić information content (AvgIpc) is 3.56. The molecule has 190 valence electrons. The molecular formula is C26H25FN6O4. The molecule has 11 heteroatoms. The molecule has 0 unspecified atom stereocenters. The minimum Gasteiger partial charge on any atom is -0.485 e. The van der Waals surface area contributed by atoms with Gasteiger partial charge in [-0.25, -0.2) is 14.2 Å². The summed E-state index contributed by atoms with van der Waals surface area (Å²) in [6.07, 6.45) is 1.41. The van der Waals surface area contributed by atoms with Crippen LogP contribution in [0.5, 0.6) is 5.75 Å². The van der Waals surface area contributed by atoms with Crippen molar-refractivity contribution < 1.29 is 13.7 Å². The lowest BCUT2D eigenvalue weighted by molar-refractivity contribution is 0.287. The van der Waals surface area contributed by atoms with Gasteiger partial charge in [-0.15, -0.1) is 0 Å². The van der Waals surface area contributed by atoms with Gasteiger partial charge in [-0.1, -0.05) is 25.1 Å². The van der Waals surface area contributed by atoms with Gasteiger partial charge >= 0.3 is 5.69 Å². The van der Waals surface area contributed by atoms with E-state index in [-0.39, 0.29) is 23.7 Å². The van der Waals surface area contributed by atoms with Crippen molar-refractivity contribution in [3.63, 3.8) is 0 Å². The summed E-state index contributed by atoms with van der Waals surface area (Å²) in [4.78, 5) is 37.7. The van der Waals surface area contributed by atoms with Crippen LogP contribution in [-0.2, 0) is 19.7 Å². The number of fused-ring (bicyclic) bond motifs is 1. The lowest BCUT2D eigenvalue weighted by Crippen LogP contribution is -2.40. The van der Waals surface area contributed by atoms with Gasteiger partial charge in [-0.3, -0.25) is 13.9 Å². The van der Waals surface area contributed by atoms with Gasteiger partial charge in [-0.2, -0.15) is 4.98 Å². The van der Waals surface area contributed by atoms with Crippen LogP contribution in [0.1, 0.15) is 32.5 Å². The zero-order valence-electron chi connectivity index (χ0n) is 20.4. The van der Waals surface area contributed by atoms with Crippen molar-refractivity contribution in [2.24, 2.45) is 0 Å². The second kappa shape index (κ2) is 10.2. The number of hydrogen-bond donors (Lipinski definition) is 1. The highest BCUT2D eigenvalue weighted by Crippen LogP contribution is 2.23. The fraction of sp³-hybridized carbons (Fsp3) is 0.269. The number of aromatic amines is 1. The first-order valence-corrected chi connectivity index (χ1v) is 12.0. The molecule has 1 N–H and O–H groups in total. The number of nitrogens with zero attached hydrogens (tertiary/aromatic N) is 5. The van der Waals surface area contributed by atoms with Gasteiger partial charge in [-0.05, 0) is 55.3 Å². The number of rotatable bonds is 9. The summed E-state index contributed by atoms with van der Waals surface area (Å²) >= 11 is 0. The molecule has 0 saturated carbocycles. The number of H-pyrrole nitrogens is 1. The Morgan fingerprint density at radius 1 is 0.973 bits per heavy atom. The van der Waals surface area contributed by atoms with Crippen LogP contribution in [0.15, 0.2) is 62.6 Å². The highest BCUT2D eigenvalue weighted by molar-refractivity contribution is 5.75. The minimum atomic E-state index is -0.390. The van der Waals surface area contributed by atoms with Crippen molar-refractivity contribution in [2.75, 3.05) is 0 Å². The number of ether oxygens (including phenoxy) is 1. The third kappa shape index (κ3) is 4.80. The number of nitrogens with one attached hydrogen (secondary N) is 1. The molecule has 0 aliphatic rings. The number of aromatic nitrogens is 6. The maximum absolute atomic E-state index is 13.4. The van der Waals surface area contributed by atoms with Gasteiger partial charge in [0.1, 0.15) is 22.9 Å². The average molecular weight is 505 g/mol. The van der Waals surface area contributed by atoms with Crippen molar-refractivity contribution in [3.8, 4) is 28.6 Å². The van der Waals surface area contributed by atoms with E-state index >= 15 is 0 Å². The van der Waals surface area contributed by atoms with Crippen molar-refractivity contribution >= 4 is 11.2 Å². The molecule has 5 aromatic rings. The van der Waals surface area contributed by atoms with Crippen LogP contribution in [0.2, 0.25) is 0 Å². The van der Waals surface area contributed by atoms with Crippen molar-refractivity contribution in [2.45, 2.75) is 46.4 Å². The summed E-state index contributed by atoms with van der Waals surface area (Å²) in [5.41, 5.74) is 1.16. The van der Waals surface area contributed by atoms with E-state index in [9.17, 15) is 14.0 Å². The molecular weight excluding hydrogens is 479 g/mol.